The molecule has 1 N–H and O–H groups in total. The predicted octanol–water partition coefficient (Wildman–Crippen LogP) is -0.580. The molecule has 2 aliphatic rings. The number of hydrogen-bond donors (Lipinski definition) is 1. The van der Waals surface area contributed by atoms with Crippen molar-refractivity contribution in [2.45, 2.75) is 13.0 Å². The van der Waals surface area contributed by atoms with Crippen molar-refractivity contribution in [2.24, 2.45) is 0 Å². The summed E-state index contributed by atoms with van der Waals surface area (Å²) in [4.78, 5) is 0. The molecule has 7 heteroatoms. The maximum absolute atomic E-state index is 9.15. The molecule has 0 unspecified atom stereocenters. The molecule has 3 aromatic rings. The number of hydrogen-bond acceptors (Lipinski definition) is 5. The Hall–Kier alpha value is -2.26. The Morgan fingerprint density at radius 2 is 2.04 bits per heavy atom. The molecule has 0 amide bonds. The minimum atomic E-state index is -0.675. The standard InChI is InChI=1S/C20H18INO5/c1-24-17-3-2-12-8-16-14-10-19-18(26-21-27-19)9-13(14)4-5-22(16)11-15(12)20(17)25-7-6-23/h2-3,8-11,23H,4-7H2,1H3. The van der Waals surface area contributed by atoms with Crippen molar-refractivity contribution in [1.82, 2.24) is 0 Å². The predicted molar refractivity (Wildman–Crippen MR) is 93.7 cm³/mol. The fourth-order valence-electron chi connectivity index (χ4n) is 3.68. The molecule has 2 aliphatic heterocycles. The van der Waals surface area contributed by atoms with Gasteiger partial charge in [-0.1, -0.05) is 0 Å². The summed E-state index contributed by atoms with van der Waals surface area (Å²) in [5.41, 5.74) is 3.62. The zero-order chi connectivity index (χ0) is 18.4. The van der Waals surface area contributed by atoms with Gasteiger partial charge >= 0.3 is 163 Å². The van der Waals surface area contributed by atoms with E-state index in [9.17, 15) is 0 Å². The van der Waals surface area contributed by atoms with Crippen LogP contribution in [0.25, 0.3) is 22.0 Å². The van der Waals surface area contributed by atoms with Crippen LogP contribution in [0.3, 0.4) is 0 Å². The van der Waals surface area contributed by atoms with Gasteiger partial charge in [-0.25, -0.2) is 0 Å². The van der Waals surface area contributed by atoms with E-state index >= 15 is 0 Å². The summed E-state index contributed by atoms with van der Waals surface area (Å²) < 4.78 is 24.8. The average molecular weight is 479 g/mol. The molecule has 6 nitrogen and oxygen atoms in total. The van der Waals surface area contributed by atoms with Crippen LogP contribution in [0.15, 0.2) is 36.5 Å². The molecule has 140 valence electrons. The second-order valence-corrected chi connectivity index (χ2v) is 7.69. The second kappa shape index (κ2) is 6.72. The summed E-state index contributed by atoms with van der Waals surface area (Å²) in [5.74, 6) is 3.05. The van der Waals surface area contributed by atoms with Gasteiger partial charge in [0.2, 0.25) is 0 Å². The van der Waals surface area contributed by atoms with E-state index in [1.54, 1.807) is 7.11 Å². The van der Waals surface area contributed by atoms with Crippen molar-refractivity contribution >= 4 is 10.8 Å². The molecule has 2 aromatic carbocycles. The molecular weight excluding hydrogens is 461 g/mol. The van der Waals surface area contributed by atoms with Gasteiger partial charge in [-0.3, -0.25) is 0 Å². The number of halogens is 1. The van der Waals surface area contributed by atoms with Crippen molar-refractivity contribution in [1.29, 1.82) is 0 Å². The number of aryl methyl sites for hydroxylation is 2. The minimum absolute atomic E-state index is 0.0409. The van der Waals surface area contributed by atoms with Gasteiger partial charge in [-0.15, -0.1) is 0 Å². The van der Waals surface area contributed by atoms with Crippen molar-refractivity contribution in [2.75, 3.05) is 20.3 Å². The van der Waals surface area contributed by atoms with Crippen LogP contribution in [0.4, 0.5) is 0 Å². The Labute approximate surface area is 167 Å². The van der Waals surface area contributed by atoms with E-state index in [0.717, 1.165) is 40.9 Å². The van der Waals surface area contributed by atoms with E-state index in [4.69, 9.17) is 20.7 Å². The molecule has 1 aromatic heterocycles. The SMILES string of the molecule is COc1ccc2cc3[n+](cc2c1OCCO)CCc1cc2c(cc1-3)O[I-]O2. The van der Waals surface area contributed by atoms with E-state index in [1.165, 1.54) is 11.1 Å². The second-order valence-electron chi connectivity index (χ2n) is 6.45. The van der Waals surface area contributed by atoms with E-state index in [1.807, 2.05) is 12.1 Å². The molecular formula is C20H18INO5. The van der Waals surface area contributed by atoms with Gasteiger partial charge in [0.15, 0.2) is 0 Å². The van der Waals surface area contributed by atoms with Gasteiger partial charge < -0.3 is 5.11 Å². The number of methoxy groups -OCH3 is 1. The van der Waals surface area contributed by atoms with Gasteiger partial charge in [0, 0.05) is 0 Å². The Bertz CT molecular complexity index is 1050. The normalized spacial score (nSPS) is 14.3. The summed E-state index contributed by atoms with van der Waals surface area (Å²) in [6.07, 6.45) is 3.05. The molecule has 0 saturated heterocycles. The third kappa shape index (κ3) is 2.76. The summed E-state index contributed by atoms with van der Waals surface area (Å²) in [5, 5.41) is 11.2. The fraction of sp³-hybridized carbons (Fsp3) is 0.250. The van der Waals surface area contributed by atoms with Gasteiger partial charge in [0.05, 0.1) is 0 Å². The molecule has 5 rings (SSSR count). The molecule has 0 bridgehead atoms. The van der Waals surface area contributed by atoms with Crippen LogP contribution in [-0.4, -0.2) is 25.4 Å². The molecule has 0 aliphatic carbocycles. The molecule has 0 atom stereocenters. The van der Waals surface area contributed by atoms with Crippen molar-refractivity contribution in [3.8, 4) is 34.3 Å². The summed E-state index contributed by atoms with van der Waals surface area (Å²) in [6, 6.07) is 10.3. The summed E-state index contributed by atoms with van der Waals surface area (Å²) in [6.45, 7) is 1.07. The van der Waals surface area contributed by atoms with E-state index in [-0.39, 0.29) is 13.2 Å². The maximum atomic E-state index is 9.15. The first-order chi connectivity index (χ1) is 13.3. The molecule has 0 saturated carbocycles. The van der Waals surface area contributed by atoms with Crippen LogP contribution in [0.2, 0.25) is 0 Å². The monoisotopic (exact) mass is 479 g/mol. The van der Waals surface area contributed by atoms with Crippen LogP contribution < -0.4 is 42.2 Å². The first kappa shape index (κ1) is 16.9. The topological polar surface area (TPSA) is 61.0 Å². The third-order valence-electron chi connectivity index (χ3n) is 4.93. The zero-order valence-corrected chi connectivity index (χ0v) is 16.9. The average Bonchev–Trinajstić information content (AvgIpc) is 3.16. The molecule has 0 fully saturated rings. The number of benzene rings is 2. The molecule has 27 heavy (non-hydrogen) atoms. The molecule has 0 radical (unpaired) electrons. The van der Waals surface area contributed by atoms with Gasteiger partial charge in [-0.05, 0) is 0 Å². The van der Waals surface area contributed by atoms with Crippen molar-refractivity contribution in [3.05, 3.63) is 42.1 Å². The number of aliphatic hydroxyl groups excluding tert-OH is 1. The first-order valence-corrected chi connectivity index (χ1v) is 10.5. The number of pyridine rings is 1. The Morgan fingerprint density at radius 1 is 1.19 bits per heavy atom. The summed E-state index contributed by atoms with van der Waals surface area (Å²) >= 11 is -0.675. The van der Waals surface area contributed by atoms with Gasteiger partial charge in [0.1, 0.15) is 0 Å². The van der Waals surface area contributed by atoms with Gasteiger partial charge in [-0.2, -0.15) is 0 Å². The Kier molecular flexibility index (Phi) is 4.20. The van der Waals surface area contributed by atoms with Crippen LogP contribution in [0.5, 0.6) is 23.0 Å². The fourth-order valence-corrected chi connectivity index (χ4v) is 4.84. The quantitative estimate of drug-likeness (QED) is 0.401. The van der Waals surface area contributed by atoms with Gasteiger partial charge in [0.25, 0.3) is 0 Å². The molecule has 0 spiro atoms. The van der Waals surface area contributed by atoms with Crippen molar-refractivity contribution < 1.29 is 47.3 Å². The zero-order valence-electron chi connectivity index (χ0n) is 14.7. The van der Waals surface area contributed by atoms with E-state index in [0.29, 0.717) is 11.5 Å². The number of aromatic nitrogens is 1. The third-order valence-corrected chi connectivity index (χ3v) is 6.24. The number of aliphatic hydroxyl groups is 1. The van der Waals surface area contributed by atoms with Crippen LogP contribution in [-0.2, 0) is 13.0 Å². The number of ether oxygens (including phenoxy) is 2. The number of rotatable bonds is 4. The summed E-state index contributed by atoms with van der Waals surface area (Å²) in [7, 11) is 1.63. The van der Waals surface area contributed by atoms with E-state index < -0.39 is 22.0 Å². The number of fused-ring (bicyclic) bond motifs is 5. The molecule has 3 heterocycles. The Morgan fingerprint density at radius 3 is 2.85 bits per heavy atom. The van der Waals surface area contributed by atoms with Crippen molar-refractivity contribution in [3.63, 3.8) is 0 Å². The number of nitrogens with zero attached hydrogens (tertiary/aromatic N) is 1. The first-order valence-electron chi connectivity index (χ1n) is 8.72. The van der Waals surface area contributed by atoms with Crippen LogP contribution in [0, 0.1) is 0 Å². The van der Waals surface area contributed by atoms with Crippen LogP contribution in [0.1, 0.15) is 5.56 Å². The van der Waals surface area contributed by atoms with E-state index in [2.05, 4.69) is 29.0 Å². The van der Waals surface area contributed by atoms with Crippen LogP contribution >= 0.6 is 0 Å². The Balaban J connectivity index is 1.69.